The van der Waals surface area contributed by atoms with Crippen molar-refractivity contribution in [1.29, 1.82) is 0 Å². The molecule has 49 heavy (non-hydrogen) atoms. The molecule has 0 aromatic carbocycles. The summed E-state index contributed by atoms with van der Waals surface area (Å²) in [5, 5.41) is 0. The average Bonchev–Trinajstić information content (AvgIpc) is 3.87. The lowest BCUT2D eigenvalue weighted by Crippen LogP contribution is -2.44. The summed E-state index contributed by atoms with van der Waals surface area (Å²) >= 11 is 0. The summed E-state index contributed by atoms with van der Waals surface area (Å²) in [5.74, 6) is 1.51. The minimum Gasteiger partial charge on any atom is -0.466 e. The number of fused-ring (bicyclic) bond motifs is 4. The predicted molar refractivity (Wildman–Crippen MR) is 193 cm³/mol. The predicted octanol–water partition coefficient (Wildman–Crippen LogP) is 7.91. The van der Waals surface area contributed by atoms with Gasteiger partial charge in [0.25, 0.3) is 0 Å². The molecule has 0 aromatic heterocycles. The van der Waals surface area contributed by atoms with Crippen LogP contribution in [0.1, 0.15) is 89.9 Å². The highest BCUT2D eigenvalue weighted by Gasteiger charge is 2.41. The number of carbonyl (C=O) groups is 4. The van der Waals surface area contributed by atoms with Crippen molar-refractivity contribution in [3.05, 3.63) is 24.3 Å². The molecule has 11 heteroatoms. The van der Waals surface area contributed by atoms with Crippen molar-refractivity contribution in [2.75, 3.05) is 26.4 Å². The van der Waals surface area contributed by atoms with E-state index in [1.807, 2.05) is 0 Å². The molecular weight excluding hydrogens is 657 g/mol. The highest BCUT2D eigenvalue weighted by Crippen LogP contribution is 2.44. The van der Waals surface area contributed by atoms with Crippen molar-refractivity contribution in [3.8, 4) is 0 Å². The first-order valence-corrected chi connectivity index (χ1v) is 25.4. The number of rotatable bonds is 24. The second kappa shape index (κ2) is 19.4. The first-order chi connectivity index (χ1) is 23.4. The average molecular weight is 719 g/mol. The quantitative estimate of drug-likeness (QED) is 0.0323. The van der Waals surface area contributed by atoms with Crippen molar-refractivity contribution in [1.82, 2.24) is 0 Å². The van der Waals surface area contributed by atoms with Crippen LogP contribution in [0.25, 0.3) is 0 Å². The Balaban J connectivity index is 0.923. The largest absolute Gasteiger partial charge is 0.466 e. The van der Waals surface area contributed by atoms with Crippen molar-refractivity contribution < 1.29 is 42.2 Å². The Labute approximate surface area is 296 Å². The lowest BCUT2D eigenvalue weighted by molar-refractivity contribution is -0.150. The number of carbonyl (C=O) groups excluding carboxylic acids is 4. The second-order valence-corrected chi connectivity index (χ2v) is 24.9. The monoisotopic (exact) mass is 718 g/mol. The lowest BCUT2D eigenvalue weighted by Gasteiger charge is -2.34. The Kier molecular flexibility index (Phi) is 15.6. The van der Waals surface area contributed by atoms with Gasteiger partial charge in [-0.1, -0.05) is 24.3 Å². The number of hydrogen-bond acceptors (Lipinski definition) is 9. The van der Waals surface area contributed by atoms with Crippen LogP contribution in [0.15, 0.2) is 24.3 Å². The fourth-order valence-corrected chi connectivity index (χ4v) is 16.9. The number of allylic oxidation sites excluding steroid dienone is 4. The van der Waals surface area contributed by atoms with Crippen molar-refractivity contribution >= 4 is 40.5 Å². The number of hydrogen-bond donors (Lipinski definition) is 0. The Bertz CT molecular complexity index is 1080. The molecule has 0 heterocycles. The third-order valence-electron chi connectivity index (χ3n) is 10.6. The van der Waals surface area contributed by atoms with Crippen LogP contribution in [0.3, 0.4) is 0 Å². The minimum atomic E-state index is -1.92. The van der Waals surface area contributed by atoms with Crippen LogP contribution in [0, 0.1) is 35.5 Å². The summed E-state index contributed by atoms with van der Waals surface area (Å²) in [6.07, 6.45) is 19.9. The van der Waals surface area contributed by atoms with E-state index in [-0.39, 0.29) is 35.7 Å². The van der Waals surface area contributed by atoms with Crippen LogP contribution in [0.5, 0.6) is 0 Å². The zero-order valence-electron chi connectivity index (χ0n) is 30.6. The molecule has 4 aliphatic rings. The normalized spacial score (nSPS) is 25.1. The molecule has 0 aliphatic heterocycles. The van der Waals surface area contributed by atoms with Gasteiger partial charge in [0.1, 0.15) is 0 Å². The van der Waals surface area contributed by atoms with Gasteiger partial charge in [-0.25, -0.2) is 0 Å². The summed E-state index contributed by atoms with van der Waals surface area (Å²) in [6, 6.07) is 1.85. The van der Waals surface area contributed by atoms with Gasteiger partial charge in [0.2, 0.25) is 0 Å². The number of esters is 4. The van der Waals surface area contributed by atoms with Crippen LogP contribution in [-0.4, -0.2) is 66.9 Å². The van der Waals surface area contributed by atoms with Crippen LogP contribution in [-0.2, 0) is 42.2 Å². The van der Waals surface area contributed by atoms with E-state index in [0.717, 1.165) is 89.1 Å². The molecule has 6 unspecified atom stereocenters. The molecule has 4 rings (SSSR count). The molecule has 0 amide bonds. The maximum absolute atomic E-state index is 12.3. The molecule has 4 bridgehead atoms. The molecule has 0 saturated heterocycles. The molecule has 0 spiro atoms. The van der Waals surface area contributed by atoms with Gasteiger partial charge in [0, 0.05) is 12.8 Å². The first-order valence-electron chi connectivity index (χ1n) is 19.1. The van der Waals surface area contributed by atoms with Crippen molar-refractivity contribution in [3.63, 3.8) is 0 Å². The zero-order valence-corrected chi connectivity index (χ0v) is 32.6. The van der Waals surface area contributed by atoms with E-state index in [0.29, 0.717) is 62.9 Å². The molecule has 276 valence electrons. The standard InChI is InChI=1S/C38H62O9Si2/c1-48(2,23-11-21-43-35(39)13-7-5-9-19-45-37(41)33-27-29-15-17-31(33)25-29)47-49(3,4)24-12-22-44-36(40)14-8-6-10-20-46-38(42)34-28-30-16-18-32(34)26-30/h15-18,29-34H,5-14,19-28H2,1-4H3. The summed E-state index contributed by atoms with van der Waals surface area (Å²) in [4.78, 5) is 48.9. The van der Waals surface area contributed by atoms with E-state index in [1.165, 1.54) is 0 Å². The van der Waals surface area contributed by atoms with Crippen molar-refractivity contribution in [2.45, 2.75) is 128 Å². The Morgan fingerprint density at radius 2 is 0.918 bits per heavy atom. The van der Waals surface area contributed by atoms with E-state index < -0.39 is 16.6 Å². The summed E-state index contributed by atoms with van der Waals surface area (Å²) in [5.41, 5.74) is 0. The fraction of sp³-hybridized carbons (Fsp3) is 0.789. The van der Waals surface area contributed by atoms with Gasteiger partial charge >= 0.3 is 23.9 Å². The summed E-state index contributed by atoms with van der Waals surface area (Å²) in [7, 11) is -3.84. The van der Waals surface area contributed by atoms with Crippen LogP contribution < -0.4 is 0 Å². The maximum atomic E-state index is 12.3. The van der Waals surface area contributed by atoms with Crippen molar-refractivity contribution in [2.24, 2.45) is 35.5 Å². The van der Waals surface area contributed by atoms with Gasteiger partial charge in [-0.05, 0) is 139 Å². The topological polar surface area (TPSA) is 114 Å². The van der Waals surface area contributed by atoms with E-state index in [1.54, 1.807) is 0 Å². The first kappa shape index (κ1) is 39.5. The van der Waals surface area contributed by atoms with Crippen LogP contribution in [0.4, 0.5) is 0 Å². The fourth-order valence-electron chi connectivity index (χ4n) is 8.12. The smallest absolute Gasteiger partial charge is 0.309 e. The minimum absolute atomic E-state index is 0.0429. The molecule has 6 atom stereocenters. The number of ether oxygens (including phenoxy) is 4. The second-order valence-electron chi connectivity index (χ2n) is 16.0. The Morgan fingerprint density at radius 1 is 0.510 bits per heavy atom. The zero-order chi connectivity index (χ0) is 35.3. The third-order valence-corrected chi connectivity index (χ3v) is 18.2. The van der Waals surface area contributed by atoms with Gasteiger partial charge in [-0.15, -0.1) is 0 Å². The van der Waals surface area contributed by atoms with Gasteiger partial charge in [0.15, 0.2) is 16.6 Å². The Morgan fingerprint density at radius 3 is 1.29 bits per heavy atom. The van der Waals surface area contributed by atoms with Crippen LogP contribution >= 0.6 is 0 Å². The highest BCUT2D eigenvalue weighted by molar-refractivity contribution is 6.84. The van der Waals surface area contributed by atoms with Gasteiger partial charge < -0.3 is 23.1 Å². The SMILES string of the molecule is C[Si](C)(CCCOC(=O)CCCCCOC(=O)C1CC2C=CC1C2)O[Si](C)(C)CCCOC(=O)CCCCCOC(=O)C1CC2C=CC1C2. The maximum Gasteiger partial charge on any atom is 0.309 e. The molecule has 0 radical (unpaired) electrons. The third kappa shape index (κ3) is 13.8. The molecule has 4 aliphatic carbocycles. The lowest BCUT2D eigenvalue weighted by atomic mass is 9.94. The van der Waals surface area contributed by atoms with E-state index in [9.17, 15) is 19.2 Å². The van der Waals surface area contributed by atoms with E-state index in [2.05, 4.69) is 50.5 Å². The highest BCUT2D eigenvalue weighted by atomic mass is 28.4. The molecule has 0 aromatic rings. The van der Waals surface area contributed by atoms with Crippen LogP contribution in [0.2, 0.25) is 38.3 Å². The van der Waals surface area contributed by atoms with E-state index in [4.69, 9.17) is 23.1 Å². The van der Waals surface area contributed by atoms with E-state index >= 15 is 0 Å². The molecule has 0 N–H and O–H groups in total. The molecule has 9 nitrogen and oxygen atoms in total. The van der Waals surface area contributed by atoms with Gasteiger partial charge in [-0.3, -0.25) is 19.2 Å². The molecule has 2 fully saturated rings. The number of unbranched alkanes of at least 4 members (excludes halogenated alkanes) is 4. The van der Waals surface area contributed by atoms with Gasteiger partial charge in [-0.2, -0.15) is 0 Å². The summed E-state index contributed by atoms with van der Waals surface area (Å²) in [6.45, 7) is 10.6. The summed E-state index contributed by atoms with van der Waals surface area (Å²) < 4.78 is 28.6. The Hall–Kier alpha value is -2.25. The molecule has 2 saturated carbocycles. The van der Waals surface area contributed by atoms with Gasteiger partial charge in [0.05, 0.1) is 38.3 Å². The molecular formula is C38H62O9Si2.